The second-order valence-corrected chi connectivity index (χ2v) is 5.15. The fraction of sp³-hybridized carbons (Fsp3) is 0.294. The Labute approximate surface area is 131 Å². The van der Waals surface area contributed by atoms with Gasteiger partial charge in [0.25, 0.3) is 0 Å². The van der Waals surface area contributed by atoms with Gasteiger partial charge in [-0.3, -0.25) is 0 Å². The Hall–Kier alpha value is -2.58. The summed E-state index contributed by atoms with van der Waals surface area (Å²) in [6.07, 6.45) is 1.68. The van der Waals surface area contributed by atoms with E-state index in [1.54, 1.807) is 25.4 Å². The lowest BCUT2D eigenvalue weighted by atomic mass is 10.1. The van der Waals surface area contributed by atoms with Crippen LogP contribution in [0.25, 0.3) is 0 Å². The Balaban J connectivity index is 2.17. The molecule has 0 bridgehead atoms. The maximum atomic E-state index is 9.12. The molecule has 1 aromatic carbocycles. The normalized spacial score (nSPS) is 11.8. The standard InChI is InChI=1S/C17H20N4O/c1-21(2)16(13-6-4-8-15(10-13)22-3)12-20-17-14(11-18)7-5-9-19-17/h4-10,16H,12H2,1-3H3,(H,19,20). The lowest BCUT2D eigenvalue weighted by molar-refractivity contribution is 0.310. The number of nitrogens with one attached hydrogen (secondary N) is 1. The molecule has 0 saturated carbocycles. The van der Waals surface area contributed by atoms with Crippen molar-refractivity contribution in [2.24, 2.45) is 0 Å². The molecule has 1 unspecified atom stereocenters. The second-order valence-electron chi connectivity index (χ2n) is 5.15. The summed E-state index contributed by atoms with van der Waals surface area (Å²) < 4.78 is 5.29. The van der Waals surface area contributed by atoms with Crippen molar-refractivity contribution in [1.82, 2.24) is 9.88 Å². The lowest BCUT2D eigenvalue weighted by Gasteiger charge is -2.25. The average Bonchev–Trinajstić information content (AvgIpc) is 2.55. The minimum atomic E-state index is 0.142. The number of hydrogen-bond donors (Lipinski definition) is 1. The molecule has 1 atom stereocenters. The van der Waals surface area contributed by atoms with E-state index in [0.29, 0.717) is 17.9 Å². The highest BCUT2D eigenvalue weighted by atomic mass is 16.5. The Morgan fingerprint density at radius 1 is 1.32 bits per heavy atom. The lowest BCUT2D eigenvalue weighted by Crippen LogP contribution is -2.27. The molecular weight excluding hydrogens is 276 g/mol. The first-order valence-electron chi connectivity index (χ1n) is 7.05. The maximum absolute atomic E-state index is 9.12. The highest BCUT2D eigenvalue weighted by molar-refractivity contribution is 5.51. The van der Waals surface area contributed by atoms with E-state index in [1.165, 1.54) is 0 Å². The average molecular weight is 296 g/mol. The van der Waals surface area contributed by atoms with Gasteiger partial charge in [-0.2, -0.15) is 5.26 Å². The Morgan fingerprint density at radius 3 is 2.82 bits per heavy atom. The van der Waals surface area contributed by atoms with Crippen LogP contribution in [-0.4, -0.2) is 37.6 Å². The summed E-state index contributed by atoms with van der Waals surface area (Å²) in [7, 11) is 5.71. The number of anilines is 1. The number of rotatable bonds is 6. The number of pyridine rings is 1. The number of nitriles is 1. The molecule has 2 aromatic rings. The summed E-state index contributed by atoms with van der Waals surface area (Å²) in [5, 5.41) is 12.4. The van der Waals surface area contributed by atoms with Crippen LogP contribution >= 0.6 is 0 Å². The number of methoxy groups -OCH3 is 1. The molecule has 22 heavy (non-hydrogen) atoms. The van der Waals surface area contributed by atoms with Crippen LogP contribution < -0.4 is 10.1 Å². The van der Waals surface area contributed by atoms with E-state index >= 15 is 0 Å². The zero-order valence-electron chi connectivity index (χ0n) is 13.1. The first-order valence-corrected chi connectivity index (χ1v) is 7.05. The molecule has 1 N–H and O–H groups in total. The molecule has 0 saturated heterocycles. The van der Waals surface area contributed by atoms with Gasteiger partial charge in [-0.15, -0.1) is 0 Å². The van der Waals surface area contributed by atoms with Gasteiger partial charge in [0, 0.05) is 12.7 Å². The van der Waals surface area contributed by atoms with Crippen LogP contribution in [0.5, 0.6) is 5.75 Å². The van der Waals surface area contributed by atoms with Gasteiger partial charge in [-0.05, 0) is 43.9 Å². The third-order valence-corrected chi connectivity index (χ3v) is 3.49. The van der Waals surface area contributed by atoms with Crippen LogP contribution in [0.3, 0.4) is 0 Å². The summed E-state index contributed by atoms with van der Waals surface area (Å²) in [4.78, 5) is 6.35. The molecule has 0 amide bonds. The van der Waals surface area contributed by atoms with Crippen molar-refractivity contribution in [2.75, 3.05) is 33.1 Å². The number of likely N-dealkylation sites (N-methyl/N-ethyl adjacent to an activating group) is 1. The van der Waals surface area contributed by atoms with Crippen molar-refractivity contribution in [2.45, 2.75) is 6.04 Å². The van der Waals surface area contributed by atoms with Crippen LogP contribution in [0.1, 0.15) is 17.2 Å². The number of benzene rings is 1. The topological polar surface area (TPSA) is 61.2 Å². The fourth-order valence-corrected chi connectivity index (χ4v) is 2.28. The van der Waals surface area contributed by atoms with Crippen molar-refractivity contribution in [3.8, 4) is 11.8 Å². The quantitative estimate of drug-likeness (QED) is 0.888. The van der Waals surface area contributed by atoms with E-state index in [4.69, 9.17) is 10.00 Å². The number of nitrogens with zero attached hydrogens (tertiary/aromatic N) is 3. The second kappa shape index (κ2) is 7.43. The molecule has 0 radical (unpaired) electrons. The predicted octanol–water partition coefficient (Wildman–Crippen LogP) is 2.68. The molecule has 2 rings (SSSR count). The Bertz CT molecular complexity index is 664. The van der Waals surface area contributed by atoms with Crippen molar-refractivity contribution < 1.29 is 4.74 Å². The van der Waals surface area contributed by atoms with Crippen LogP contribution in [0.15, 0.2) is 42.6 Å². The third-order valence-electron chi connectivity index (χ3n) is 3.49. The third kappa shape index (κ3) is 3.74. The maximum Gasteiger partial charge on any atom is 0.143 e. The molecular formula is C17H20N4O. The van der Waals surface area contributed by atoms with Gasteiger partial charge in [0.1, 0.15) is 17.6 Å². The van der Waals surface area contributed by atoms with Crippen molar-refractivity contribution in [3.05, 3.63) is 53.7 Å². The number of ether oxygens (including phenoxy) is 1. The van der Waals surface area contributed by atoms with Crippen molar-refractivity contribution in [3.63, 3.8) is 0 Å². The molecule has 5 nitrogen and oxygen atoms in total. The van der Waals surface area contributed by atoms with E-state index < -0.39 is 0 Å². The Morgan fingerprint density at radius 2 is 2.14 bits per heavy atom. The molecule has 0 fully saturated rings. The molecule has 1 aromatic heterocycles. The summed E-state index contributed by atoms with van der Waals surface area (Å²) in [5.74, 6) is 1.44. The summed E-state index contributed by atoms with van der Waals surface area (Å²) >= 11 is 0. The van der Waals surface area contributed by atoms with Gasteiger partial charge in [-0.25, -0.2) is 4.98 Å². The first kappa shape index (κ1) is 15.8. The van der Waals surface area contributed by atoms with E-state index in [1.807, 2.05) is 32.3 Å². The summed E-state index contributed by atoms with van der Waals surface area (Å²) in [5.41, 5.74) is 1.69. The van der Waals surface area contributed by atoms with Gasteiger partial charge < -0.3 is 15.0 Å². The smallest absolute Gasteiger partial charge is 0.143 e. The van der Waals surface area contributed by atoms with Crippen LogP contribution in [0.4, 0.5) is 5.82 Å². The van der Waals surface area contributed by atoms with E-state index in [9.17, 15) is 0 Å². The summed E-state index contributed by atoms with van der Waals surface area (Å²) in [6, 6.07) is 13.8. The van der Waals surface area contributed by atoms with Gasteiger partial charge in [0.2, 0.25) is 0 Å². The number of hydrogen-bond acceptors (Lipinski definition) is 5. The van der Waals surface area contributed by atoms with E-state index in [2.05, 4.69) is 27.3 Å². The largest absolute Gasteiger partial charge is 0.497 e. The molecule has 0 aliphatic heterocycles. The van der Waals surface area contributed by atoms with Gasteiger partial charge in [0.15, 0.2) is 0 Å². The Kier molecular flexibility index (Phi) is 5.34. The molecule has 1 heterocycles. The van der Waals surface area contributed by atoms with E-state index in [0.717, 1.165) is 11.3 Å². The van der Waals surface area contributed by atoms with Crippen molar-refractivity contribution >= 4 is 5.82 Å². The molecule has 114 valence electrons. The highest BCUT2D eigenvalue weighted by Gasteiger charge is 2.15. The zero-order valence-corrected chi connectivity index (χ0v) is 13.1. The van der Waals surface area contributed by atoms with Gasteiger partial charge >= 0.3 is 0 Å². The van der Waals surface area contributed by atoms with Gasteiger partial charge in [0.05, 0.1) is 18.7 Å². The van der Waals surface area contributed by atoms with E-state index in [-0.39, 0.29) is 6.04 Å². The molecule has 0 aliphatic carbocycles. The molecule has 0 aliphatic rings. The van der Waals surface area contributed by atoms with Crippen LogP contribution in [0.2, 0.25) is 0 Å². The predicted molar refractivity (Wildman–Crippen MR) is 86.9 cm³/mol. The van der Waals surface area contributed by atoms with Crippen molar-refractivity contribution in [1.29, 1.82) is 5.26 Å². The minimum Gasteiger partial charge on any atom is -0.497 e. The summed E-state index contributed by atoms with van der Waals surface area (Å²) in [6.45, 7) is 0.645. The first-order chi connectivity index (χ1) is 10.7. The molecule has 5 heteroatoms. The van der Waals surface area contributed by atoms with Crippen LogP contribution in [0, 0.1) is 11.3 Å². The van der Waals surface area contributed by atoms with Gasteiger partial charge in [-0.1, -0.05) is 12.1 Å². The SMILES string of the molecule is COc1cccc(C(CNc2ncccc2C#N)N(C)C)c1. The monoisotopic (exact) mass is 296 g/mol. The highest BCUT2D eigenvalue weighted by Crippen LogP contribution is 2.23. The van der Waals surface area contributed by atoms with Crippen LogP contribution in [-0.2, 0) is 0 Å². The zero-order chi connectivity index (χ0) is 15.9. The minimum absolute atomic E-state index is 0.142. The molecule has 0 spiro atoms. The number of aromatic nitrogens is 1. The fourth-order valence-electron chi connectivity index (χ4n) is 2.28.